The summed E-state index contributed by atoms with van der Waals surface area (Å²) in [5, 5.41) is 9.46. The van der Waals surface area contributed by atoms with Crippen LogP contribution in [0.15, 0.2) is 0 Å². The van der Waals surface area contributed by atoms with Gasteiger partial charge in [0, 0.05) is 4.88 Å². The van der Waals surface area contributed by atoms with Crippen LogP contribution in [0.25, 0.3) is 0 Å². The fraction of sp³-hybridized carbons (Fsp3) is 0. The summed E-state index contributed by atoms with van der Waals surface area (Å²) in [6, 6.07) is 0. The molecule has 0 atom stereocenters. The number of aromatic hydroxyl groups is 1. The first-order valence-corrected chi connectivity index (χ1v) is 3.69. The van der Waals surface area contributed by atoms with Crippen LogP contribution in [-0.2, 0) is 0 Å². The van der Waals surface area contributed by atoms with Gasteiger partial charge in [-0.25, -0.2) is 0 Å². The SMILES string of the molecule is [CH2]c1sc(O)c(Cl)c1Cl. The van der Waals surface area contributed by atoms with Gasteiger partial charge >= 0.3 is 0 Å². The lowest BCUT2D eigenvalue weighted by Crippen LogP contribution is -1.58. The molecule has 1 rings (SSSR count). The minimum atomic E-state index is 0.0340. The van der Waals surface area contributed by atoms with Crippen molar-refractivity contribution in [3.63, 3.8) is 0 Å². The Morgan fingerprint density at radius 1 is 1.33 bits per heavy atom. The second-order valence-corrected chi connectivity index (χ2v) is 3.30. The molecule has 0 saturated carbocycles. The van der Waals surface area contributed by atoms with Crippen molar-refractivity contribution in [2.45, 2.75) is 0 Å². The van der Waals surface area contributed by atoms with Gasteiger partial charge in [-0.15, -0.1) is 11.3 Å². The molecule has 9 heavy (non-hydrogen) atoms. The van der Waals surface area contributed by atoms with Crippen molar-refractivity contribution >= 4 is 34.5 Å². The maximum absolute atomic E-state index is 8.88. The van der Waals surface area contributed by atoms with Crippen molar-refractivity contribution in [3.05, 3.63) is 21.8 Å². The molecule has 0 aliphatic carbocycles. The van der Waals surface area contributed by atoms with E-state index in [9.17, 15) is 0 Å². The van der Waals surface area contributed by atoms with E-state index >= 15 is 0 Å². The average Bonchev–Trinajstić information content (AvgIpc) is 1.98. The lowest BCUT2D eigenvalue weighted by molar-refractivity contribution is 0.491. The number of hydrogen-bond donors (Lipinski definition) is 1. The second kappa shape index (κ2) is 2.37. The predicted molar refractivity (Wildman–Crippen MR) is 40.5 cm³/mol. The Bertz CT molecular complexity index is 209. The molecule has 0 saturated heterocycles. The molecular formula is C5H3Cl2OS. The highest BCUT2D eigenvalue weighted by atomic mass is 35.5. The van der Waals surface area contributed by atoms with Gasteiger partial charge in [0.2, 0.25) is 0 Å². The molecule has 0 aliphatic heterocycles. The van der Waals surface area contributed by atoms with Crippen LogP contribution < -0.4 is 0 Å². The molecule has 0 aromatic carbocycles. The molecule has 0 aliphatic rings. The average molecular weight is 182 g/mol. The van der Waals surface area contributed by atoms with Gasteiger partial charge in [0.1, 0.15) is 5.02 Å². The van der Waals surface area contributed by atoms with E-state index in [2.05, 4.69) is 6.92 Å². The Hall–Kier alpha value is 0.0800. The number of hydrogen-bond acceptors (Lipinski definition) is 2. The molecule has 4 heteroatoms. The standard InChI is InChI=1S/C5H3Cl2OS/c1-2-3(6)4(7)5(8)9-2/h8H,1H2. The highest BCUT2D eigenvalue weighted by molar-refractivity contribution is 7.15. The number of thiophene rings is 1. The monoisotopic (exact) mass is 181 g/mol. The Balaban J connectivity index is 3.29. The van der Waals surface area contributed by atoms with E-state index in [1.165, 1.54) is 0 Å². The van der Waals surface area contributed by atoms with Crippen LogP contribution in [0.5, 0.6) is 5.06 Å². The summed E-state index contributed by atoms with van der Waals surface area (Å²) in [5.41, 5.74) is 0. The third kappa shape index (κ3) is 1.16. The minimum absolute atomic E-state index is 0.0340. The van der Waals surface area contributed by atoms with Crippen LogP contribution in [-0.4, -0.2) is 5.11 Å². The third-order valence-corrected chi connectivity index (χ3v) is 2.80. The largest absolute Gasteiger partial charge is 0.498 e. The first-order valence-electron chi connectivity index (χ1n) is 2.11. The van der Waals surface area contributed by atoms with Gasteiger partial charge in [0.15, 0.2) is 5.06 Å². The van der Waals surface area contributed by atoms with Crippen LogP contribution in [0, 0.1) is 6.92 Å². The summed E-state index contributed by atoms with van der Waals surface area (Å²) in [6.45, 7) is 3.54. The molecular weight excluding hydrogens is 179 g/mol. The van der Waals surface area contributed by atoms with E-state index in [4.69, 9.17) is 28.3 Å². The van der Waals surface area contributed by atoms with Crippen molar-refractivity contribution < 1.29 is 5.11 Å². The van der Waals surface area contributed by atoms with E-state index in [0.717, 1.165) is 11.3 Å². The zero-order chi connectivity index (χ0) is 7.02. The quantitative estimate of drug-likeness (QED) is 0.653. The lowest BCUT2D eigenvalue weighted by Gasteiger charge is -1.82. The summed E-state index contributed by atoms with van der Waals surface area (Å²) in [5.74, 6) is 0. The molecule has 0 unspecified atom stereocenters. The van der Waals surface area contributed by atoms with Gasteiger partial charge in [-0.2, -0.15) is 0 Å². The fourth-order valence-electron chi connectivity index (χ4n) is 0.423. The summed E-state index contributed by atoms with van der Waals surface area (Å²) in [4.78, 5) is 0.596. The number of halogens is 2. The van der Waals surface area contributed by atoms with Gasteiger partial charge in [0.05, 0.1) is 5.02 Å². The molecule has 1 radical (unpaired) electrons. The van der Waals surface area contributed by atoms with Crippen molar-refractivity contribution in [2.24, 2.45) is 0 Å². The first-order chi connectivity index (χ1) is 4.13. The van der Waals surface area contributed by atoms with E-state index in [-0.39, 0.29) is 10.1 Å². The predicted octanol–water partition coefficient (Wildman–Crippen LogP) is 2.94. The highest BCUT2D eigenvalue weighted by Crippen LogP contribution is 2.40. The number of rotatable bonds is 0. The molecule has 1 heterocycles. The van der Waals surface area contributed by atoms with E-state index in [0.29, 0.717) is 9.90 Å². The molecule has 0 bridgehead atoms. The van der Waals surface area contributed by atoms with E-state index in [1.54, 1.807) is 0 Å². The summed E-state index contributed by atoms with van der Waals surface area (Å²) < 4.78 is 0. The summed E-state index contributed by atoms with van der Waals surface area (Å²) in [6.07, 6.45) is 0. The van der Waals surface area contributed by atoms with Crippen LogP contribution in [0.1, 0.15) is 4.88 Å². The van der Waals surface area contributed by atoms with Gasteiger partial charge in [-0.1, -0.05) is 23.2 Å². The van der Waals surface area contributed by atoms with E-state index < -0.39 is 0 Å². The van der Waals surface area contributed by atoms with Crippen LogP contribution in [0.4, 0.5) is 0 Å². The maximum atomic E-state index is 8.88. The summed E-state index contributed by atoms with van der Waals surface area (Å²) >= 11 is 12.1. The Kier molecular flexibility index (Phi) is 1.89. The molecule has 1 nitrogen and oxygen atoms in total. The molecule has 1 aromatic rings. The molecule has 0 fully saturated rings. The zero-order valence-electron chi connectivity index (χ0n) is 4.32. The topological polar surface area (TPSA) is 20.2 Å². The van der Waals surface area contributed by atoms with Gasteiger partial charge < -0.3 is 5.11 Å². The van der Waals surface area contributed by atoms with Crippen molar-refractivity contribution in [2.75, 3.05) is 0 Å². The van der Waals surface area contributed by atoms with Crippen molar-refractivity contribution in [3.8, 4) is 5.06 Å². The normalized spacial score (nSPS) is 10.1. The van der Waals surface area contributed by atoms with Gasteiger partial charge in [0.25, 0.3) is 0 Å². The Morgan fingerprint density at radius 3 is 2.00 bits per heavy atom. The van der Waals surface area contributed by atoms with Gasteiger partial charge in [-0.05, 0) is 6.92 Å². The van der Waals surface area contributed by atoms with Crippen LogP contribution in [0.2, 0.25) is 10.0 Å². The zero-order valence-corrected chi connectivity index (χ0v) is 6.65. The van der Waals surface area contributed by atoms with Crippen molar-refractivity contribution in [1.82, 2.24) is 0 Å². The Labute approximate surface area is 66.8 Å². The van der Waals surface area contributed by atoms with Crippen molar-refractivity contribution in [1.29, 1.82) is 0 Å². The van der Waals surface area contributed by atoms with Crippen LogP contribution in [0.3, 0.4) is 0 Å². The molecule has 1 aromatic heterocycles. The second-order valence-electron chi connectivity index (χ2n) is 1.46. The third-order valence-electron chi connectivity index (χ3n) is 0.845. The molecule has 0 spiro atoms. The maximum Gasteiger partial charge on any atom is 0.192 e. The lowest BCUT2D eigenvalue weighted by atomic mass is 10.5. The fourth-order valence-corrected chi connectivity index (χ4v) is 1.59. The highest BCUT2D eigenvalue weighted by Gasteiger charge is 2.09. The minimum Gasteiger partial charge on any atom is -0.498 e. The molecule has 0 amide bonds. The van der Waals surface area contributed by atoms with E-state index in [1.807, 2.05) is 0 Å². The molecule has 1 N–H and O–H groups in total. The smallest absolute Gasteiger partial charge is 0.192 e. The molecule has 49 valence electrons. The first kappa shape index (κ1) is 7.19. The summed E-state index contributed by atoms with van der Waals surface area (Å²) in [7, 11) is 0. The van der Waals surface area contributed by atoms with Gasteiger partial charge in [-0.3, -0.25) is 0 Å². The Morgan fingerprint density at radius 2 is 1.89 bits per heavy atom. The van der Waals surface area contributed by atoms with Crippen LogP contribution >= 0.6 is 34.5 Å².